The Labute approximate surface area is 144 Å². The highest BCUT2D eigenvalue weighted by Gasteiger charge is 2.64. The standard InChI is InChI=1S/C14H19F9N2O/c1-24-4-6-25(7-5-24)11(16)13(19,20)9-3-2-8(26-9)12(17,18)10(15)14(21,22)23/h8-11H,2-7H2,1H3. The maximum absolute atomic E-state index is 14.3. The highest BCUT2D eigenvalue weighted by Crippen LogP contribution is 2.45. The number of alkyl halides is 9. The highest BCUT2D eigenvalue weighted by atomic mass is 19.4. The number of likely N-dealkylation sites (N-methyl/N-ethyl adjacent to an activating group) is 1. The molecule has 12 heteroatoms. The van der Waals surface area contributed by atoms with Crippen LogP contribution in [0.15, 0.2) is 0 Å². The fourth-order valence-electron chi connectivity index (χ4n) is 3.03. The van der Waals surface area contributed by atoms with Crippen LogP contribution in [0.25, 0.3) is 0 Å². The lowest BCUT2D eigenvalue weighted by Gasteiger charge is -2.38. The van der Waals surface area contributed by atoms with Crippen molar-refractivity contribution < 1.29 is 44.3 Å². The minimum Gasteiger partial charge on any atom is -0.362 e. The van der Waals surface area contributed by atoms with Crippen LogP contribution < -0.4 is 0 Å². The van der Waals surface area contributed by atoms with Gasteiger partial charge < -0.3 is 9.64 Å². The molecule has 0 amide bonds. The molecule has 0 radical (unpaired) electrons. The molecule has 3 nitrogen and oxygen atoms in total. The van der Waals surface area contributed by atoms with Gasteiger partial charge in [-0.25, -0.2) is 17.6 Å². The molecule has 0 aromatic rings. The predicted molar refractivity (Wildman–Crippen MR) is 72.7 cm³/mol. The van der Waals surface area contributed by atoms with E-state index in [0.717, 1.165) is 4.90 Å². The van der Waals surface area contributed by atoms with Crippen LogP contribution in [0.3, 0.4) is 0 Å². The van der Waals surface area contributed by atoms with Gasteiger partial charge in [-0.05, 0) is 19.9 Å². The number of halogens is 9. The lowest BCUT2D eigenvalue weighted by atomic mass is 10.0. The van der Waals surface area contributed by atoms with E-state index in [9.17, 15) is 39.5 Å². The van der Waals surface area contributed by atoms with E-state index in [0.29, 0.717) is 13.1 Å². The monoisotopic (exact) mass is 402 g/mol. The summed E-state index contributed by atoms with van der Waals surface area (Å²) in [6.45, 7) is 0.579. The normalized spacial score (nSPS) is 29.8. The summed E-state index contributed by atoms with van der Waals surface area (Å²) < 4.78 is 124. The zero-order valence-electron chi connectivity index (χ0n) is 13.8. The van der Waals surface area contributed by atoms with Crippen LogP contribution in [-0.4, -0.2) is 85.7 Å². The van der Waals surface area contributed by atoms with Crippen molar-refractivity contribution in [2.24, 2.45) is 0 Å². The van der Waals surface area contributed by atoms with Gasteiger partial charge in [-0.15, -0.1) is 0 Å². The van der Waals surface area contributed by atoms with E-state index < -0.39 is 55.5 Å². The second-order valence-corrected chi connectivity index (χ2v) is 6.62. The van der Waals surface area contributed by atoms with Gasteiger partial charge in [0.2, 0.25) is 6.30 Å². The summed E-state index contributed by atoms with van der Waals surface area (Å²) >= 11 is 0. The van der Waals surface area contributed by atoms with Gasteiger partial charge in [0.05, 0.1) is 0 Å². The van der Waals surface area contributed by atoms with E-state index in [4.69, 9.17) is 0 Å². The van der Waals surface area contributed by atoms with E-state index in [1.165, 1.54) is 0 Å². The molecular weight excluding hydrogens is 383 g/mol. The molecule has 2 saturated heterocycles. The SMILES string of the molecule is CN1CCN(C(F)C(F)(F)C2CCC(C(F)(F)C(F)C(F)(F)F)O2)CC1. The molecule has 2 rings (SSSR count). The van der Waals surface area contributed by atoms with Gasteiger partial charge in [0.25, 0.3) is 6.17 Å². The summed E-state index contributed by atoms with van der Waals surface area (Å²) in [6.07, 6.45) is -20.0. The number of ether oxygens (including phenoxy) is 1. The Morgan fingerprint density at radius 2 is 1.27 bits per heavy atom. The molecule has 0 aromatic carbocycles. The molecule has 4 unspecified atom stereocenters. The first-order valence-corrected chi connectivity index (χ1v) is 7.96. The van der Waals surface area contributed by atoms with Crippen LogP contribution in [-0.2, 0) is 4.74 Å². The molecular formula is C14H19F9N2O. The van der Waals surface area contributed by atoms with Crippen LogP contribution in [0.5, 0.6) is 0 Å². The smallest absolute Gasteiger partial charge is 0.362 e. The number of nitrogens with zero attached hydrogens (tertiary/aromatic N) is 2. The Morgan fingerprint density at radius 3 is 1.73 bits per heavy atom. The minimum atomic E-state index is -5.87. The van der Waals surface area contributed by atoms with E-state index in [1.807, 2.05) is 0 Å². The van der Waals surface area contributed by atoms with Crippen molar-refractivity contribution in [2.75, 3.05) is 33.2 Å². The Bertz CT molecular complexity index is 480. The first kappa shape index (κ1) is 21.5. The summed E-state index contributed by atoms with van der Waals surface area (Å²) in [5.41, 5.74) is 0. The molecule has 4 atom stereocenters. The van der Waals surface area contributed by atoms with Crippen LogP contribution >= 0.6 is 0 Å². The van der Waals surface area contributed by atoms with Gasteiger partial charge in [0.1, 0.15) is 12.2 Å². The zero-order chi connectivity index (χ0) is 19.9. The molecule has 0 saturated carbocycles. The lowest BCUT2D eigenvalue weighted by Crippen LogP contribution is -2.57. The largest absolute Gasteiger partial charge is 0.425 e. The minimum absolute atomic E-state index is 0.0276. The third kappa shape index (κ3) is 4.22. The van der Waals surface area contributed by atoms with Crippen molar-refractivity contribution >= 4 is 0 Å². The van der Waals surface area contributed by atoms with E-state index >= 15 is 0 Å². The van der Waals surface area contributed by atoms with Gasteiger partial charge in [0, 0.05) is 26.2 Å². The second-order valence-electron chi connectivity index (χ2n) is 6.62. The highest BCUT2D eigenvalue weighted by molar-refractivity contribution is 4.98. The van der Waals surface area contributed by atoms with Crippen molar-refractivity contribution in [1.29, 1.82) is 0 Å². The summed E-state index contributed by atoms with van der Waals surface area (Å²) in [7, 11) is 1.71. The number of piperazine rings is 1. The second kappa shape index (κ2) is 7.34. The Morgan fingerprint density at radius 1 is 0.808 bits per heavy atom. The predicted octanol–water partition coefficient (Wildman–Crippen LogP) is 3.25. The first-order chi connectivity index (χ1) is 11.8. The zero-order valence-corrected chi connectivity index (χ0v) is 13.8. The summed E-state index contributed by atoms with van der Waals surface area (Å²) in [6, 6.07) is 0. The van der Waals surface area contributed by atoms with Crippen LogP contribution in [0.2, 0.25) is 0 Å². The molecule has 26 heavy (non-hydrogen) atoms. The lowest BCUT2D eigenvalue weighted by molar-refractivity contribution is -0.282. The molecule has 2 fully saturated rings. The number of hydrogen-bond acceptors (Lipinski definition) is 3. The van der Waals surface area contributed by atoms with Gasteiger partial charge in [-0.3, -0.25) is 4.90 Å². The molecule has 0 bridgehead atoms. The van der Waals surface area contributed by atoms with Crippen LogP contribution in [0.4, 0.5) is 39.5 Å². The number of rotatable bonds is 5. The molecule has 0 spiro atoms. The molecule has 0 aromatic heterocycles. The van der Waals surface area contributed by atoms with Crippen molar-refractivity contribution in [1.82, 2.24) is 9.80 Å². The Balaban J connectivity index is 2.04. The van der Waals surface area contributed by atoms with Crippen molar-refractivity contribution in [3.8, 4) is 0 Å². The van der Waals surface area contributed by atoms with Crippen molar-refractivity contribution in [2.45, 2.75) is 55.5 Å². The van der Waals surface area contributed by atoms with Crippen LogP contribution in [0, 0.1) is 0 Å². The van der Waals surface area contributed by atoms with Gasteiger partial charge in [-0.1, -0.05) is 0 Å². The molecule has 2 aliphatic rings. The Hall–Kier alpha value is -0.750. The van der Waals surface area contributed by atoms with Crippen molar-refractivity contribution in [3.63, 3.8) is 0 Å². The maximum atomic E-state index is 14.3. The third-order valence-electron chi connectivity index (χ3n) is 4.68. The maximum Gasteiger partial charge on any atom is 0.425 e. The van der Waals surface area contributed by atoms with E-state index in [1.54, 1.807) is 11.9 Å². The first-order valence-electron chi connectivity index (χ1n) is 7.96. The average Bonchev–Trinajstić information content (AvgIpc) is 3.05. The summed E-state index contributed by atoms with van der Waals surface area (Å²) in [5, 5.41) is 0. The van der Waals surface area contributed by atoms with Crippen molar-refractivity contribution in [3.05, 3.63) is 0 Å². The molecule has 0 N–H and O–H groups in total. The van der Waals surface area contributed by atoms with Gasteiger partial charge >= 0.3 is 18.0 Å². The fourth-order valence-corrected chi connectivity index (χ4v) is 3.03. The average molecular weight is 402 g/mol. The molecule has 154 valence electrons. The molecule has 2 heterocycles. The van der Waals surface area contributed by atoms with Crippen LogP contribution in [0.1, 0.15) is 12.8 Å². The van der Waals surface area contributed by atoms with Gasteiger partial charge in [-0.2, -0.15) is 22.0 Å². The number of hydrogen-bond donors (Lipinski definition) is 0. The van der Waals surface area contributed by atoms with Gasteiger partial charge in [0.15, 0.2) is 0 Å². The molecule has 2 aliphatic heterocycles. The fraction of sp³-hybridized carbons (Fsp3) is 1.00. The summed E-state index contributed by atoms with van der Waals surface area (Å²) in [5.74, 6) is -9.26. The van der Waals surface area contributed by atoms with E-state index in [-0.39, 0.29) is 13.1 Å². The molecule has 0 aliphatic carbocycles. The van der Waals surface area contributed by atoms with E-state index in [2.05, 4.69) is 4.74 Å². The topological polar surface area (TPSA) is 15.7 Å². The summed E-state index contributed by atoms with van der Waals surface area (Å²) in [4.78, 5) is 2.60. The third-order valence-corrected chi connectivity index (χ3v) is 4.68. The Kier molecular flexibility index (Phi) is 6.09. The quantitative estimate of drug-likeness (QED) is 0.519.